The van der Waals surface area contributed by atoms with Gasteiger partial charge in [-0.25, -0.2) is 0 Å². The molecule has 19 heavy (non-hydrogen) atoms. The first-order valence-electron chi connectivity index (χ1n) is 6.09. The standard InChI is InChI=1S/C15H12ClNO2/c1-2-13-9(6-7-19-13)15(18)10-8-17-12-5-3-4-11(16)14(10)12/h3-8,17H,2H2,1H3. The molecule has 2 heterocycles. The Hall–Kier alpha value is -2.00. The molecule has 3 aromatic rings. The van der Waals surface area contributed by atoms with Crippen LogP contribution in [0.15, 0.2) is 41.1 Å². The van der Waals surface area contributed by atoms with Gasteiger partial charge >= 0.3 is 0 Å². The number of ketones is 1. The molecule has 4 heteroatoms. The number of nitrogens with one attached hydrogen (secondary N) is 1. The molecule has 0 unspecified atom stereocenters. The molecule has 0 fully saturated rings. The second-order valence-electron chi connectivity index (χ2n) is 4.30. The first-order chi connectivity index (χ1) is 9.22. The van der Waals surface area contributed by atoms with Crippen molar-refractivity contribution >= 4 is 28.3 Å². The highest BCUT2D eigenvalue weighted by Gasteiger charge is 2.19. The molecule has 0 atom stereocenters. The molecular weight excluding hydrogens is 262 g/mol. The maximum Gasteiger partial charge on any atom is 0.198 e. The minimum Gasteiger partial charge on any atom is -0.469 e. The predicted molar refractivity (Wildman–Crippen MR) is 74.8 cm³/mol. The van der Waals surface area contributed by atoms with Crippen LogP contribution in [0.25, 0.3) is 10.9 Å². The van der Waals surface area contributed by atoms with Crippen LogP contribution in [0.5, 0.6) is 0 Å². The SMILES string of the molecule is CCc1occc1C(=O)c1c[nH]c2cccc(Cl)c12. The highest BCUT2D eigenvalue weighted by molar-refractivity contribution is 6.37. The van der Waals surface area contributed by atoms with Crippen molar-refractivity contribution in [3.05, 3.63) is 58.6 Å². The number of benzene rings is 1. The highest BCUT2D eigenvalue weighted by Crippen LogP contribution is 2.29. The molecule has 0 aliphatic carbocycles. The van der Waals surface area contributed by atoms with Crippen LogP contribution in [0, 0.1) is 0 Å². The summed E-state index contributed by atoms with van der Waals surface area (Å²) in [5.41, 5.74) is 2.04. The summed E-state index contributed by atoms with van der Waals surface area (Å²) in [5.74, 6) is 0.636. The first kappa shape index (κ1) is 12.1. The molecule has 3 rings (SSSR count). The summed E-state index contributed by atoms with van der Waals surface area (Å²) in [6.45, 7) is 1.96. The van der Waals surface area contributed by atoms with E-state index in [0.717, 1.165) is 10.9 Å². The number of aromatic amines is 1. The summed E-state index contributed by atoms with van der Waals surface area (Å²) >= 11 is 6.19. The number of H-pyrrole nitrogens is 1. The van der Waals surface area contributed by atoms with Crippen molar-refractivity contribution < 1.29 is 9.21 Å². The molecule has 0 saturated carbocycles. The third-order valence-corrected chi connectivity index (χ3v) is 3.53. The second-order valence-corrected chi connectivity index (χ2v) is 4.71. The Kier molecular flexibility index (Phi) is 2.91. The minimum atomic E-state index is -0.0649. The van der Waals surface area contributed by atoms with Gasteiger partial charge in [0.1, 0.15) is 5.76 Å². The second kappa shape index (κ2) is 4.59. The van der Waals surface area contributed by atoms with Gasteiger partial charge in [-0.3, -0.25) is 4.79 Å². The molecule has 0 bridgehead atoms. The Morgan fingerprint density at radius 3 is 2.95 bits per heavy atom. The number of fused-ring (bicyclic) bond motifs is 1. The maximum absolute atomic E-state index is 12.6. The van der Waals surface area contributed by atoms with E-state index in [4.69, 9.17) is 16.0 Å². The monoisotopic (exact) mass is 273 g/mol. The van der Waals surface area contributed by atoms with E-state index in [1.807, 2.05) is 19.1 Å². The van der Waals surface area contributed by atoms with Gasteiger partial charge in [0.2, 0.25) is 0 Å². The van der Waals surface area contributed by atoms with Crippen LogP contribution in [0.1, 0.15) is 28.6 Å². The van der Waals surface area contributed by atoms with Crippen LogP contribution in [0.4, 0.5) is 0 Å². The number of halogens is 1. The molecular formula is C15H12ClNO2. The maximum atomic E-state index is 12.6. The van der Waals surface area contributed by atoms with E-state index in [2.05, 4.69) is 4.98 Å². The van der Waals surface area contributed by atoms with E-state index in [9.17, 15) is 4.79 Å². The van der Waals surface area contributed by atoms with Crippen LogP contribution in [0.2, 0.25) is 5.02 Å². The first-order valence-corrected chi connectivity index (χ1v) is 6.46. The number of rotatable bonds is 3. The summed E-state index contributed by atoms with van der Waals surface area (Å²) in [5, 5.41) is 1.33. The van der Waals surface area contributed by atoms with Crippen LogP contribution >= 0.6 is 11.6 Å². The Morgan fingerprint density at radius 2 is 2.16 bits per heavy atom. The smallest absolute Gasteiger partial charge is 0.198 e. The predicted octanol–water partition coefficient (Wildman–Crippen LogP) is 4.21. The third kappa shape index (κ3) is 1.87. The number of aromatic nitrogens is 1. The molecule has 96 valence electrons. The molecule has 0 radical (unpaired) electrons. The van der Waals surface area contributed by atoms with Gasteiger partial charge < -0.3 is 9.40 Å². The fraction of sp³-hybridized carbons (Fsp3) is 0.133. The molecule has 0 aliphatic heterocycles. The highest BCUT2D eigenvalue weighted by atomic mass is 35.5. The lowest BCUT2D eigenvalue weighted by Crippen LogP contribution is -2.02. The van der Waals surface area contributed by atoms with Gasteiger partial charge in [0, 0.05) is 29.1 Å². The zero-order valence-electron chi connectivity index (χ0n) is 10.4. The summed E-state index contributed by atoms with van der Waals surface area (Å²) < 4.78 is 5.31. The fourth-order valence-electron chi connectivity index (χ4n) is 2.28. The third-order valence-electron chi connectivity index (χ3n) is 3.21. The number of aryl methyl sites for hydroxylation is 1. The van der Waals surface area contributed by atoms with E-state index in [-0.39, 0.29) is 5.78 Å². The lowest BCUT2D eigenvalue weighted by atomic mass is 10.0. The molecule has 1 aromatic carbocycles. The largest absolute Gasteiger partial charge is 0.469 e. The Balaban J connectivity index is 2.17. The number of hydrogen-bond acceptors (Lipinski definition) is 2. The van der Waals surface area contributed by atoms with Gasteiger partial charge in [-0.15, -0.1) is 0 Å². The van der Waals surface area contributed by atoms with Crippen LogP contribution in [-0.4, -0.2) is 10.8 Å². The fourth-order valence-corrected chi connectivity index (χ4v) is 2.56. The van der Waals surface area contributed by atoms with Gasteiger partial charge in [0.25, 0.3) is 0 Å². The Morgan fingerprint density at radius 1 is 1.32 bits per heavy atom. The summed E-state index contributed by atoms with van der Waals surface area (Å²) in [6, 6.07) is 7.24. The average Bonchev–Trinajstić information content (AvgIpc) is 3.05. The average molecular weight is 274 g/mol. The lowest BCUT2D eigenvalue weighted by Gasteiger charge is -2.00. The van der Waals surface area contributed by atoms with Gasteiger partial charge in [-0.1, -0.05) is 24.6 Å². The van der Waals surface area contributed by atoms with Crippen molar-refractivity contribution in [3.8, 4) is 0 Å². The summed E-state index contributed by atoms with van der Waals surface area (Å²) in [7, 11) is 0. The van der Waals surface area contributed by atoms with Gasteiger partial charge in [0.05, 0.1) is 16.8 Å². The van der Waals surface area contributed by atoms with Crippen molar-refractivity contribution in [2.24, 2.45) is 0 Å². The van der Waals surface area contributed by atoms with Crippen molar-refractivity contribution in [1.82, 2.24) is 4.98 Å². The quantitative estimate of drug-likeness (QED) is 0.727. The number of carbonyl (C=O) groups excluding carboxylic acids is 1. The van der Waals surface area contributed by atoms with Crippen molar-refractivity contribution in [3.63, 3.8) is 0 Å². The Bertz CT molecular complexity index is 754. The molecule has 0 aliphatic rings. The van der Waals surface area contributed by atoms with Crippen molar-refractivity contribution in [1.29, 1.82) is 0 Å². The molecule has 0 amide bonds. The van der Waals surface area contributed by atoms with Gasteiger partial charge in [0.15, 0.2) is 5.78 Å². The Labute approximate surface area is 115 Å². The molecule has 3 nitrogen and oxygen atoms in total. The van der Waals surface area contributed by atoms with E-state index < -0.39 is 0 Å². The van der Waals surface area contributed by atoms with Crippen LogP contribution < -0.4 is 0 Å². The van der Waals surface area contributed by atoms with E-state index in [0.29, 0.717) is 28.3 Å². The molecule has 0 saturated heterocycles. The summed E-state index contributed by atoms with van der Waals surface area (Å²) in [4.78, 5) is 15.6. The van der Waals surface area contributed by atoms with E-state index in [1.165, 1.54) is 0 Å². The van der Waals surface area contributed by atoms with Crippen molar-refractivity contribution in [2.75, 3.05) is 0 Å². The minimum absolute atomic E-state index is 0.0649. The number of hydrogen-bond donors (Lipinski definition) is 1. The van der Waals surface area contributed by atoms with Crippen LogP contribution in [-0.2, 0) is 6.42 Å². The molecule has 2 aromatic heterocycles. The molecule has 0 spiro atoms. The zero-order valence-corrected chi connectivity index (χ0v) is 11.1. The van der Waals surface area contributed by atoms with Gasteiger partial charge in [-0.2, -0.15) is 0 Å². The van der Waals surface area contributed by atoms with Crippen molar-refractivity contribution in [2.45, 2.75) is 13.3 Å². The lowest BCUT2D eigenvalue weighted by molar-refractivity contribution is 0.103. The van der Waals surface area contributed by atoms with E-state index in [1.54, 1.807) is 24.6 Å². The number of furan rings is 1. The topological polar surface area (TPSA) is 46.0 Å². The molecule has 1 N–H and O–H groups in total. The normalized spacial score (nSPS) is 11.1. The zero-order chi connectivity index (χ0) is 13.4. The number of carbonyl (C=O) groups is 1. The van der Waals surface area contributed by atoms with Crippen LogP contribution in [0.3, 0.4) is 0 Å². The van der Waals surface area contributed by atoms with E-state index >= 15 is 0 Å². The van der Waals surface area contributed by atoms with Gasteiger partial charge in [-0.05, 0) is 18.2 Å². The summed E-state index contributed by atoms with van der Waals surface area (Å²) in [6.07, 6.45) is 3.93.